The number of hydrogen-bond acceptors (Lipinski definition) is 3. The van der Waals surface area contributed by atoms with Crippen molar-refractivity contribution in [1.29, 1.82) is 0 Å². The zero-order valence-corrected chi connectivity index (χ0v) is 13.7. The monoisotopic (exact) mass is 344 g/mol. The minimum absolute atomic E-state index is 0.0303. The van der Waals surface area contributed by atoms with E-state index in [-0.39, 0.29) is 37.0 Å². The molecule has 6 heteroatoms. The Balaban J connectivity index is 1.48. The van der Waals surface area contributed by atoms with Crippen LogP contribution >= 0.6 is 0 Å². The molecule has 0 heterocycles. The highest BCUT2D eigenvalue weighted by atomic mass is 19.1. The third-order valence-electron chi connectivity index (χ3n) is 4.14. The Morgan fingerprint density at radius 2 is 2.08 bits per heavy atom. The molecule has 1 aliphatic carbocycles. The van der Waals surface area contributed by atoms with Crippen molar-refractivity contribution < 1.29 is 19.0 Å². The van der Waals surface area contributed by atoms with Gasteiger partial charge in [0.05, 0.1) is 6.61 Å². The van der Waals surface area contributed by atoms with E-state index in [9.17, 15) is 9.18 Å². The van der Waals surface area contributed by atoms with Crippen LogP contribution < -0.4 is 15.4 Å². The Bertz CT molecular complexity index is 738. The van der Waals surface area contributed by atoms with Crippen molar-refractivity contribution in [3.05, 3.63) is 65.5 Å². The smallest absolute Gasteiger partial charge is 0.315 e. The number of aliphatic hydroxyl groups excluding tert-OH is 1. The minimum Gasteiger partial charge on any atom is -0.491 e. The van der Waals surface area contributed by atoms with Gasteiger partial charge in [-0.05, 0) is 30.2 Å². The number of halogens is 1. The summed E-state index contributed by atoms with van der Waals surface area (Å²) in [6.07, 6.45) is 0.813. The summed E-state index contributed by atoms with van der Waals surface area (Å²) >= 11 is 0. The van der Waals surface area contributed by atoms with Gasteiger partial charge in [0.25, 0.3) is 0 Å². The highest BCUT2D eigenvalue weighted by molar-refractivity contribution is 5.75. The summed E-state index contributed by atoms with van der Waals surface area (Å²) < 4.78 is 18.7. The summed E-state index contributed by atoms with van der Waals surface area (Å²) in [5.74, 6) is 0.551. The van der Waals surface area contributed by atoms with Gasteiger partial charge in [-0.3, -0.25) is 0 Å². The Hall–Kier alpha value is -2.60. The quantitative estimate of drug-likeness (QED) is 0.723. The number of nitrogens with one attached hydrogen (secondary N) is 2. The predicted molar refractivity (Wildman–Crippen MR) is 91.9 cm³/mol. The molecular weight excluding hydrogens is 323 g/mol. The predicted octanol–water partition coefficient (Wildman–Crippen LogP) is 2.55. The van der Waals surface area contributed by atoms with Gasteiger partial charge in [-0.1, -0.05) is 30.3 Å². The number of ether oxygens (including phenoxy) is 1. The molecule has 2 amide bonds. The zero-order chi connectivity index (χ0) is 17.6. The minimum atomic E-state index is -0.263. The Morgan fingerprint density at radius 3 is 2.88 bits per heavy atom. The maximum Gasteiger partial charge on any atom is 0.315 e. The molecule has 3 N–H and O–H groups in total. The molecular formula is C19H21FN2O3. The SMILES string of the molecule is O=C(NCc1ccccc1OCCO)N[C@@H]1C[C@H]1c1cccc(F)c1. The Morgan fingerprint density at radius 1 is 1.24 bits per heavy atom. The molecule has 2 aromatic carbocycles. The molecule has 0 saturated heterocycles. The number of para-hydroxylation sites is 1. The van der Waals surface area contributed by atoms with Gasteiger partial charge in [0, 0.05) is 24.1 Å². The average molecular weight is 344 g/mol. The van der Waals surface area contributed by atoms with Crippen molar-refractivity contribution in [3.63, 3.8) is 0 Å². The lowest BCUT2D eigenvalue weighted by Crippen LogP contribution is -2.37. The number of rotatable bonds is 7. The second-order valence-electron chi connectivity index (χ2n) is 6.01. The summed E-state index contributed by atoms with van der Waals surface area (Å²) in [5, 5.41) is 14.6. The standard InChI is InChI=1S/C19H21FN2O3/c20-15-6-3-5-13(10-15)16-11-17(16)22-19(24)21-12-14-4-1-2-7-18(14)25-9-8-23/h1-7,10,16-17,23H,8-9,11-12H2,(H2,21,22,24)/t16-,17+/m0/s1. The topological polar surface area (TPSA) is 70.6 Å². The third-order valence-corrected chi connectivity index (χ3v) is 4.14. The molecule has 1 aliphatic rings. The van der Waals surface area contributed by atoms with E-state index in [2.05, 4.69) is 10.6 Å². The molecule has 25 heavy (non-hydrogen) atoms. The van der Waals surface area contributed by atoms with E-state index in [1.807, 2.05) is 24.3 Å². The van der Waals surface area contributed by atoms with E-state index in [1.165, 1.54) is 12.1 Å². The van der Waals surface area contributed by atoms with Crippen molar-refractivity contribution in [2.75, 3.05) is 13.2 Å². The fourth-order valence-corrected chi connectivity index (χ4v) is 2.80. The number of benzene rings is 2. The van der Waals surface area contributed by atoms with Crippen LogP contribution in [0.5, 0.6) is 5.75 Å². The van der Waals surface area contributed by atoms with Gasteiger partial charge in [0.1, 0.15) is 18.2 Å². The molecule has 1 fully saturated rings. The van der Waals surface area contributed by atoms with Gasteiger partial charge < -0.3 is 20.5 Å². The fourth-order valence-electron chi connectivity index (χ4n) is 2.80. The van der Waals surface area contributed by atoms with Gasteiger partial charge in [-0.25, -0.2) is 9.18 Å². The number of carbonyl (C=O) groups excluding carboxylic acids is 1. The van der Waals surface area contributed by atoms with Crippen molar-refractivity contribution in [3.8, 4) is 5.75 Å². The second kappa shape index (κ2) is 7.98. The van der Waals surface area contributed by atoms with Crippen LogP contribution in [0.2, 0.25) is 0 Å². The average Bonchev–Trinajstić information content (AvgIpc) is 3.38. The summed E-state index contributed by atoms with van der Waals surface area (Å²) in [7, 11) is 0. The van der Waals surface area contributed by atoms with Gasteiger partial charge in [-0.2, -0.15) is 0 Å². The van der Waals surface area contributed by atoms with Gasteiger partial charge >= 0.3 is 6.03 Å². The Labute approximate surface area is 145 Å². The maximum atomic E-state index is 13.3. The number of hydrogen-bond donors (Lipinski definition) is 3. The van der Waals surface area contributed by atoms with Crippen LogP contribution in [-0.4, -0.2) is 30.4 Å². The molecule has 132 valence electrons. The number of carbonyl (C=O) groups is 1. The van der Waals surface area contributed by atoms with E-state index in [4.69, 9.17) is 9.84 Å². The first-order chi connectivity index (χ1) is 12.2. The Kier molecular flexibility index (Phi) is 5.50. The van der Waals surface area contributed by atoms with Crippen LogP contribution in [0.4, 0.5) is 9.18 Å². The van der Waals surface area contributed by atoms with E-state index < -0.39 is 0 Å². The van der Waals surface area contributed by atoms with Crippen LogP contribution in [0.15, 0.2) is 48.5 Å². The molecule has 0 radical (unpaired) electrons. The third kappa shape index (κ3) is 4.70. The second-order valence-corrected chi connectivity index (χ2v) is 6.01. The summed E-state index contributed by atoms with van der Waals surface area (Å²) in [6.45, 7) is 0.469. The van der Waals surface area contributed by atoms with Crippen molar-refractivity contribution >= 4 is 6.03 Å². The van der Waals surface area contributed by atoms with E-state index in [0.717, 1.165) is 17.5 Å². The molecule has 1 saturated carbocycles. The molecule has 2 aromatic rings. The number of urea groups is 1. The van der Waals surface area contributed by atoms with E-state index in [1.54, 1.807) is 12.1 Å². The molecule has 5 nitrogen and oxygen atoms in total. The van der Waals surface area contributed by atoms with Gasteiger partial charge in [0.2, 0.25) is 0 Å². The number of aliphatic hydroxyl groups is 1. The molecule has 2 atom stereocenters. The van der Waals surface area contributed by atoms with Crippen LogP contribution in [-0.2, 0) is 6.54 Å². The lowest BCUT2D eigenvalue weighted by Gasteiger charge is -2.12. The summed E-state index contributed by atoms with van der Waals surface area (Å²) in [4.78, 5) is 12.1. The lowest BCUT2D eigenvalue weighted by atomic mass is 10.1. The normalized spacial score (nSPS) is 18.5. The van der Waals surface area contributed by atoms with Crippen molar-refractivity contribution in [2.24, 2.45) is 0 Å². The van der Waals surface area contributed by atoms with Crippen LogP contribution in [0.3, 0.4) is 0 Å². The lowest BCUT2D eigenvalue weighted by molar-refractivity contribution is 0.200. The molecule has 0 bridgehead atoms. The first-order valence-electron chi connectivity index (χ1n) is 8.29. The highest BCUT2D eigenvalue weighted by Gasteiger charge is 2.39. The first kappa shape index (κ1) is 17.2. The largest absolute Gasteiger partial charge is 0.491 e. The summed E-state index contributed by atoms with van der Waals surface area (Å²) in [5.41, 5.74) is 1.75. The van der Waals surface area contributed by atoms with E-state index in [0.29, 0.717) is 12.3 Å². The van der Waals surface area contributed by atoms with Gasteiger partial charge in [-0.15, -0.1) is 0 Å². The van der Waals surface area contributed by atoms with Crippen LogP contribution in [0.25, 0.3) is 0 Å². The van der Waals surface area contributed by atoms with Crippen molar-refractivity contribution in [2.45, 2.75) is 24.9 Å². The van der Waals surface area contributed by atoms with Crippen molar-refractivity contribution in [1.82, 2.24) is 10.6 Å². The van der Waals surface area contributed by atoms with Crippen LogP contribution in [0, 0.1) is 5.82 Å². The fraction of sp³-hybridized carbons (Fsp3) is 0.316. The summed E-state index contributed by atoms with van der Waals surface area (Å²) in [6, 6.07) is 13.6. The molecule has 3 rings (SSSR count). The molecule has 0 aliphatic heterocycles. The molecule has 0 unspecified atom stereocenters. The molecule has 0 aromatic heterocycles. The maximum absolute atomic E-state index is 13.3. The highest BCUT2D eigenvalue weighted by Crippen LogP contribution is 2.40. The zero-order valence-electron chi connectivity index (χ0n) is 13.7. The first-order valence-corrected chi connectivity index (χ1v) is 8.29. The molecule has 0 spiro atoms. The number of amides is 2. The van der Waals surface area contributed by atoms with Gasteiger partial charge in [0.15, 0.2) is 0 Å². The van der Waals surface area contributed by atoms with Crippen LogP contribution in [0.1, 0.15) is 23.5 Å². The van der Waals surface area contributed by atoms with E-state index >= 15 is 0 Å².